The Kier molecular flexibility index (Phi) is 7.17. The zero-order valence-electron chi connectivity index (χ0n) is 21.9. The van der Waals surface area contributed by atoms with Crippen LogP contribution < -0.4 is 10.2 Å². The number of alkyl halides is 2. The van der Waals surface area contributed by atoms with Crippen molar-refractivity contribution in [2.75, 3.05) is 11.4 Å². The Morgan fingerprint density at radius 2 is 1.80 bits per heavy atom. The fraction of sp³-hybridized carbons (Fsp3) is 0.290. The molecule has 2 N–H and O–H groups in total. The van der Waals surface area contributed by atoms with Gasteiger partial charge in [0.15, 0.2) is 0 Å². The van der Waals surface area contributed by atoms with Crippen LogP contribution in [0.2, 0.25) is 5.02 Å². The second kappa shape index (κ2) is 10.8. The number of amides is 2. The zero-order chi connectivity index (χ0) is 28.7. The summed E-state index contributed by atoms with van der Waals surface area (Å²) in [5, 5.41) is 15.8. The predicted octanol–water partition coefficient (Wildman–Crippen LogP) is 5.79. The lowest BCUT2D eigenvalue weighted by Crippen LogP contribution is -2.45. The number of anilines is 1. The van der Waals surface area contributed by atoms with Gasteiger partial charge in [-0.05, 0) is 55.9 Å². The summed E-state index contributed by atoms with van der Waals surface area (Å²) in [6.07, 6.45) is 0.856. The summed E-state index contributed by atoms with van der Waals surface area (Å²) >= 11 is 5.90. The molecular formula is C31H27ClF2N4O3. The van der Waals surface area contributed by atoms with Gasteiger partial charge in [-0.1, -0.05) is 54.1 Å². The van der Waals surface area contributed by atoms with Gasteiger partial charge >= 0.3 is 0 Å². The average molecular weight is 577 g/mol. The van der Waals surface area contributed by atoms with Gasteiger partial charge in [0.2, 0.25) is 5.60 Å². The molecule has 1 aliphatic carbocycles. The molecule has 1 unspecified atom stereocenters. The maximum atomic E-state index is 13.9. The molecule has 0 radical (unpaired) electrons. The van der Waals surface area contributed by atoms with Crippen LogP contribution in [0.4, 0.5) is 14.5 Å². The molecule has 1 aliphatic heterocycles. The van der Waals surface area contributed by atoms with Crippen molar-refractivity contribution >= 4 is 40.0 Å². The number of fused-ring (bicyclic) bond motifs is 2. The summed E-state index contributed by atoms with van der Waals surface area (Å²) in [4.78, 5) is 36.6. The minimum absolute atomic E-state index is 0.109. The summed E-state index contributed by atoms with van der Waals surface area (Å²) in [5.74, 6) is -0.947. The van der Waals surface area contributed by atoms with Crippen molar-refractivity contribution in [1.82, 2.24) is 15.3 Å². The maximum absolute atomic E-state index is 13.9. The van der Waals surface area contributed by atoms with E-state index in [4.69, 9.17) is 11.6 Å². The molecular weight excluding hydrogens is 550 g/mol. The Labute approximate surface area is 240 Å². The summed E-state index contributed by atoms with van der Waals surface area (Å²) in [6, 6.07) is 19.3. The van der Waals surface area contributed by atoms with Crippen molar-refractivity contribution in [3.05, 3.63) is 100 Å². The molecule has 2 aromatic heterocycles. The first-order valence-electron chi connectivity index (χ1n) is 13.5. The number of nitrogens with zero attached hydrogens (tertiary/aromatic N) is 3. The molecule has 4 aromatic rings. The van der Waals surface area contributed by atoms with E-state index in [2.05, 4.69) is 15.3 Å². The Morgan fingerprint density at radius 3 is 2.59 bits per heavy atom. The van der Waals surface area contributed by atoms with Crippen LogP contribution in [0.3, 0.4) is 0 Å². The standard InChI is InChI=1S/C31H27ClF2N4O3/c32-20-15-22(27(28(33)34)35-16-20)29(39)36-21-12-9-18(10-13-21)17-38-25-8-4-2-6-23(25)31(41,30(38)40)26-14-11-19-5-1-3-7-24(19)37-26/h1-8,11,14-16,18,21,28,41H,9-10,12-13,17H2,(H,36,39)/t18-,21-,31?. The van der Waals surface area contributed by atoms with Crippen LogP contribution in [-0.4, -0.2) is 39.5 Å². The lowest BCUT2D eigenvalue weighted by atomic mass is 9.85. The molecule has 0 spiro atoms. The Balaban J connectivity index is 1.16. The SMILES string of the molecule is O=C(N[C@H]1CC[C@H](CN2C(=O)C(O)(c3ccc4ccccc4n3)c3ccccc32)CC1)c1cc(Cl)cnc1C(F)F. The third-order valence-corrected chi connectivity index (χ3v) is 8.27. The molecule has 1 atom stereocenters. The number of nitrogens with one attached hydrogen (secondary N) is 1. The number of para-hydroxylation sites is 2. The van der Waals surface area contributed by atoms with Crippen LogP contribution in [0.1, 0.15) is 59.4 Å². The number of aromatic nitrogens is 2. The fourth-order valence-electron chi connectivity index (χ4n) is 5.95. The first-order chi connectivity index (χ1) is 19.8. The van der Waals surface area contributed by atoms with Crippen molar-refractivity contribution in [1.29, 1.82) is 0 Å². The second-order valence-electron chi connectivity index (χ2n) is 10.6. The normalized spacial score (nSPS) is 22.3. The van der Waals surface area contributed by atoms with E-state index in [0.717, 1.165) is 11.6 Å². The predicted molar refractivity (Wildman–Crippen MR) is 151 cm³/mol. The van der Waals surface area contributed by atoms with E-state index in [-0.39, 0.29) is 28.2 Å². The summed E-state index contributed by atoms with van der Waals surface area (Å²) in [5.41, 5.74) is -0.607. The highest BCUT2D eigenvalue weighted by Crippen LogP contribution is 2.45. The number of pyridine rings is 2. The third-order valence-electron chi connectivity index (χ3n) is 8.07. The van der Waals surface area contributed by atoms with Gasteiger partial charge in [0.1, 0.15) is 5.69 Å². The second-order valence-corrected chi connectivity index (χ2v) is 11.0. The van der Waals surface area contributed by atoms with Gasteiger partial charge < -0.3 is 15.3 Å². The van der Waals surface area contributed by atoms with Crippen LogP contribution in [-0.2, 0) is 10.4 Å². The van der Waals surface area contributed by atoms with Gasteiger partial charge in [-0.2, -0.15) is 0 Å². The van der Waals surface area contributed by atoms with Crippen LogP contribution in [0.15, 0.2) is 72.9 Å². The third kappa shape index (κ3) is 4.93. The van der Waals surface area contributed by atoms with Gasteiger partial charge in [0.05, 0.1) is 27.5 Å². The summed E-state index contributed by atoms with van der Waals surface area (Å²) in [7, 11) is 0. The van der Waals surface area contributed by atoms with Crippen LogP contribution in [0.5, 0.6) is 0 Å². The molecule has 1 saturated carbocycles. The van der Waals surface area contributed by atoms with Crippen molar-refractivity contribution in [2.24, 2.45) is 5.92 Å². The van der Waals surface area contributed by atoms with Crippen LogP contribution in [0.25, 0.3) is 10.9 Å². The summed E-state index contributed by atoms with van der Waals surface area (Å²) in [6.45, 7) is 0.403. The molecule has 2 aromatic carbocycles. The smallest absolute Gasteiger partial charge is 0.281 e. The number of hydrogen-bond acceptors (Lipinski definition) is 5. The molecule has 41 heavy (non-hydrogen) atoms. The van der Waals surface area contributed by atoms with Gasteiger partial charge in [-0.15, -0.1) is 0 Å². The molecule has 1 fully saturated rings. The number of benzene rings is 2. The molecule has 0 saturated heterocycles. The van der Waals surface area contributed by atoms with Crippen LogP contribution >= 0.6 is 11.6 Å². The highest BCUT2D eigenvalue weighted by atomic mass is 35.5. The largest absolute Gasteiger partial charge is 0.370 e. The number of aliphatic hydroxyl groups is 1. The average Bonchev–Trinajstić information content (AvgIpc) is 3.20. The number of carbonyl (C=O) groups is 2. The monoisotopic (exact) mass is 576 g/mol. The number of rotatable bonds is 6. The topological polar surface area (TPSA) is 95.4 Å². The molecule has 7 nitrogen and oxygen atoms in total. The Morgan fingerprint density at radius 1 is 1.07 bits per heavy atom. The quantitative estimate of drug-likeness (QED) is 0.303. The fourth-order valence-corrected chi connectivity index (χ4v) is 6.11. The highest BCUT2D eigenvalue weighted by Gasteiger charge is 2.52. The van der Waals surface area contributed by atoms with Gasteiger partial charge in [-0.3, -0.25) is 14.6 Å². The lowest BCUT2D eigenvalue weighted by Gasteiger charge is -2.32. The molecule has 10 heteroatoms. The minimum Gasteiger partial charge on any atom is -0.370 e. The zero-order valence-corrected chi connectivity index (χ0v) is 22.7. The first kappa shape index (κ1) is 27.2. The van der Waals surface area contributed by atoms with Crippen molar-refractivity contribution < 1.29 is 23.5 Å². The van der Waals surface area contributed by atoms with E-state index in [9.17, 15) is 23.5 Å². The number of carbonyl (C=O) groups excluding carboxylic acids is 2. The molecule has 210 valence electrons. The molecule has 6 rings (SSSR count). The molecule has 0 bridgehead atoms. The van der Waals surface area contributed by atoms with Crippen LogP contribution in [0, 0.1) is 5.92 Å². The maximum Gasteiger partial charge on any atom is 0.281 e. The van der Waals surface area contributed by atoms with Crippen molar-refractivity contribution in [3.8, 4) is 0 Å². The summed E-state index contributed by atoms with van der Waals surface area (Å²) < 4.78 is 26.7. The van der Waals surface area contributed by atoms with Crippen molar-refractivity contribution in [2.45, 2.75) is 43.8 Å². The molecule has 3 heterocycles. The van der Waals surface area contributed by atoms with Crippen molar-refractivity contribution in [3.63, 3.8) is 0 Å². The Hall–Kier alpha value is -3.95. The molecule has 2 aliphatic rings. The van der Waals surface area contributed by atoms with Gasteiger partial charge in [-0.25, -0.2) is 13.8 Å². The highest BCUT2D eigenvalue weighted by molar-refractivity contribution is 6.30. The number of hydrogen-bond donors (Lipinski definition) is 2. The van der Waals surface area contributed by atoms with E-state index >= 15 is 0 Å². The van der Waals surface area contributed by atoms with E-state index in [0.29, 0.717) is 49.0 Å². The molecule has 2 amide bonds. The van der Waals surface area contributed by atoms with E-state index < -0.39 is 29.5 Å². The number of halogens is 3. The lowest BCUT2D eigenvalue weighted by molar-refractivity contribution is -0.132. The van der Waals surface area contributed by atoms with E-state index in [1.54, 1.807) is 23.1 Å². The van der Waals surface area contributed by atoms with E-state index in [1.807, 2.05) is 42.5 Å². The minimum atomic E-state index is -2.90. The van der Waals surface area contributed by atoms with Gasteiger partial charge in [0, 0.05) is 29.7 Å². The Bertz CT molecular complexity index is 1640. The van der Waals surface area contributed by atoms with E-state index in [1.165, 1.54) is 6.07 Å². The van der Waals surface area contributed by atoms with Gasteiger partial charge in [0.25, 0.3) is 18.2 Å². The first-order valence-corrected chi connectivity index (χ1v) is 13.9.